The number of pyridine rings is 1. The summed E-state index contributed by atoms with van der Waals surface area (Å²) >= 11 is 1.66. The predicted molar refractivity (Wildman–Crippen MR) is 197 cm³/mol. The lowest BCUT2D eigenvalue weighted by molar-refractivity contribution is -0.245. The Kier molecular flexibility index (Phi) is 12.5. The van der Waals surface area contributed by atoms with Crippen molar-refractivity contribution in [2.75, 3.05) is 12.9 Å². The second-order valence-electron chi connectivity index (χ2n) is 12.2. The van der Waals surface area contributed by atoms with Gasteiger partial charge in [0.15, 0.2) is 6.29 Å². The maximum atomic E-state index is 12.9. The maximum absolute atomic E-state index is 12.9. The minimum absolute atomic E-state index is 0.0112. The van der Waals surface area contributed by atoms with E-state index in [2.05, 4.69) is 21.7 Å². The molecule has 1 aliphatic rings. The number of hydrogen-bond acceptors (Lipinski definition) is 8. The van der Waals surface area contributed by atoms with Crippen molar-refractivity contribution in [3.05, 3.63) is 155 Å². The Hall–Kier alpha value is -5.00. The van der Waals surface area contributed by atoms with E-state index in [-0.39, 0.29) is 25.4 Å². The second kappa shape index (κ2) is 17.8. The predicted octanol–water partition coefficient (Wildman–Crippen LogP) is 7.16. The highest BCUT2D eigenvalue weighted by Crippen LogP contribution is 2.40. The summed E-state index contributed by atoms with van der Waals surface area (Å²) in [5.41, 5.74) is 6.55. The standard InChI is InChI=1S/C41H41N3O6S/c1-48-39(46)36(22-28-9-3-2-4-10-28)44-41(47)43-25-30-11-7-12-32(21-30)33-13-8-14-34(23-33)40-49-35(27-51-38-15-5-6-20-42-38)24-37(50-40)31-18-16-29(26-45)17-19-31/h2-21,23,35-37,40,45H,22,24-27H2,1H3,(H2,43,44,47)/t35-,36-,37+,40+/m0/s1. The summed E-state index contributed by atoms with van der Waals surface area (Å²) in [7, 11) is 1.31. The van der Waals surface area contributed by atoms with E-state index >= 15 is 0 Å². The average molecular weight is 704 g/mol. The summed E-state index contributed by atoms with van der Waals surface area (Å²) in [5.74, 6) is 0.211. The number of ether oxygens (including phenoxy) is 3. The van der Waals surface area contributed by atoms with E-state index < -0.39 is 24.3 Å². The largest absolute Gasteiger partial charge is 0.467 e. The lowest BCUT2D eigenvalue weighted by atomic mass is 9.99. The van der Waals surface area contributed by atoms with E-state index in [4.69, 9.17) is 14.2 Å². The van der Waals surface area contributed by atoms with Gasteiger partial charge >= 0.3 is 12.0 Å². The number of aliphatic hydroxyl groups is 1. The number of esters is 1. The quantitative estimate of drug-likeness (QED) is 0.0874. The number of aliphatic hydroxyl groups excluding tert-OH is 1. The molecule has 262 valence electrons. The van der Waals surface area contributed by atoms with Crippen LogP contribution in [0.3, 0.4) is 0 Å². The van der Waals surface area contributed by atoms with Crippen molar-refractivity contribution in [2.24, 2.45) is 0 Å². The van der Waals surface area contributed by atoms with Crippen LogP contribution >= 0.6 is 11.8 Å². The van der Waals surface area contributed by atoms with Crippen molar-refractivity contribution in [1.29, 1.82) is 0 Å². The molecule has 2 heterocycles. The van der Waals surface area contributed by atoms with E-state index in [1.54, 1.807) is 18.0 Å². The van der Waals surface area contributed by atoms with Gasteiger partial charge in [-0.2, -0.15) is 0 Å². The van der Waals surface area contributed by atoms with Gasteiger partial charge in [0.25, 0.3) is 0 Å². The molecule has 1 aliphatic heterocycles. The van der Waals surface area contributed by atoms with Crippen molar-refractivity contribution in [3.8, 4) is 11.1 Å². The molecule has 1 aromatic heterocycles. The van der Waals surface area contributed by atoms with Gasteiger partial charge in [0.05, 0.1) is 31.0 Å². The van der Waals surface area contributed by atoms with Crippen LogP contribution in [0.2, 0.25) is 0 Å². The number of carbonyl (C=O) groups excluding carboxylic acids is 2. The Morgan fingerprint density at radius 1 is 0.843 bits per heavy atom. The molecule has 9 nitrogen and oxygen atoms in total. The zero-order chi connectivity index (χ0) is 35.4. The number of aromatic nitrogens is 1. The van der Waals surface area contributed by atoms with Crippen molar-refractivity contribution < 1.29 is 28.9 Å². The third-order valence-corrected chi connectivity index (χ3v) is 9.69. The molecule has 4 aromatic carbocycles. The molecular weight excluding hydrogens is 663 g/mol. The van der Waals surface area contributed by atoms with E-state index in [9.17, 15) is 14.7 Å². The Balaban J connectivity index is 1.14. The second-order valence-corrected chi connectivity index (χ2v) is 13.3. The van der Waals surface area contributed by atoms with E-state index in [0.717, 1.165) is 49.7 Å². The molecule has 0 saturated carbocycles. The summed E-state index contributed by atoms with van der Waals surface area (Å²) in [6, 6.07) is 38.0. The van der Waals surface area contributed by atoms with E-state index in [0.29, 0.717) is 12.8 Å². The number of hydrogen-bond donors (Lipinski definition) is 3. The number of amides is 2. The summed E-state index contributed by atoms with van der Waals surface area (Å²) in [5, 5.41) is 16.1. The number of nitrogens with one attached hydrogen (secondary N) is 2. The number of urea groups is 1. The van der Waals surface area contributed by atoms with Gasteiger partial charge in [-0.15, -0.1) is 11.8 Å². The van der Waals surface area contributed by atoms with Crippen molar-refractivity contribution >= 4 is 23.8 Å². The van der Waals surface area contributed by atoms with Gasteiger partial charge in [0, 0.05) is 36.9 Å². The SMILES string of the molecule is COC(=O)[C@H](Cc1ccccc1)NC(=O)NCc1cccc(-c2cccc([C@@H]3O[C@H](CSc4ccccn4)C[C@H](c4ccc(CO)cc4)O3)c2)c1. The lowest BCUT2D eigenvalue weighted by Gasteiger charge is -2.36. The van der Waals surface area contributed by atoms with Gasteiger partial charge in [-0.3, -0.25) is 0 Å². The molecule has 0 radical (unpaired) electrons. The normalized spacial score (nSPS) is 17.6. The highest BCUT2D eigenvalue weighted by Gasteiger charge is 2.32. The van der Waals surface area contributed by atoms with Gasteiger partial charge in [0.2, 0.25) is 0 Å². The molecule has 3 N–H and O–H groups in total. The van der Waals surface area contributed by atoms with Crippen LogP contribution in [0.1, 0.15) is 46.6 Å². The number of thioether (sulfide) groups is 1. The van der Waals surface area contributed by atoms with E-state index in [1.165, 1.54) is 7.11 Å². The average Bonchev–Trinajstić information content (AvgIpc) is 3.19. The van der Waals surface area contributed by atoms with Crippen LogP contribution in [-0.2, 0) is 38.6 Å². The van der Waals surface area contributed by atoms with E-state index in [1.807, 2.05) is 115 Å². The molecule has 0 bridgehead atoms. The van der Waals surface area contributed by atoms with Gasteiger partial charge in [-0.1, -0.05) is 97.1 Å². The number of benzene rings is 4. The minimum Gasteiger partial charge on any atom is -0.467 e. The number of nitrogens with zero attached hydrogens (tertiary/aromatic N) is 1. The first-order valence-corrected chi connectivity index (χ1v) is 17.9. The molecule has 0 unspecified atom stereocenters. The first-order chi connectivity index (χ1) is 25.0. The molecule has 1 fully saturated rings. The number of methoxy groups -OCH3 is 1. The third-order valence-electron chi connectivity index (χ3n) is 8.62. The van der Waals surface area contributed by atoms with Crippen LogP contribution in [0.5, 0.6) is 0 Å². The zero-order valence-electron chi connectivity index (χ0n) is 28.3. The molecule has 5 aromatic rings. The fourth-order valence-corrected chi connectivity index (χ4v) is 6.82. The molecule has 51 heavy (non-hydrogen) atoms. The highest BCUT2D eigenvalue weighted by molar-refractivity contribution is 7.99. The highest BCUT2D eigenvalue weighted by atomic mass is 32.2. The van der Waals surface area contributed by atoms with Crippen LogP contribution in [-0.4, -0.2) is 47.1 Å². The Labute approximate surface area is 302 Å². The molecule has 2 amide bonds. The monoisotopic (exact) mass is 703 g/mol. The summed E-state index contributed by atoms with van der Waals surface area (Å²) in [4.78, 5) is 29.7. The van der Waals surface area contributed by atoms with Crippen LogP contribution in [0, 0.1) is 0 Å². The molecule has 0 spiro atoms. The molecule has 0 aliphatic carbocycles. The van der Waals surface area contributed by atoms with Crippen LogP contribution < -0.4 is 10.6 Å². The topological polar surface area (TPSA) is 119 Å². The van der Waals surface area contributed by atoms with Crippen LogP contribution in [0.25, 0.3) is 11.1 Å². The smallest absolute Gasteiger partial charge is 0.328 e. The van der Waals surface area contributed by atoms with Crippen molar-refractivity contribution in [3.63, 3.8) is 0 Å². The molecular formula is C41H41N3O6S. The van der Waals surface area contributed by atoms with Gasteiger partial charge in [-0.05, 0) is 57.6 Å². The third kappa shape index (κ3) is 10.0. The Morgan fingerprint density at radius 3 is 2.33 bits per heavy atom. The maximum Gasteiger partial charge on any atom is 0.328 e. The number of rotatable bonds is 13. The van der Waals surface area contributed by atoms with Gasteiger partial charge in [0.1, 0.15) is 6.04 Å². The summed E-state index contributed by atoms with van der Waals surface area (Å²) < 4.78 is 18.1. The number of carbonyl (C=O) groups is 2. The molecule has 1 saturated heterocycles. The zero-order valence-corrected chi connectivity index (χ0v) is 29.1. The summed E-state index contributed by atoms with van der Waals surface area (Å²) in [6.45, 7) is 0.253. The first-order valence-electron chi connectivity index (χ1n) is 16.9. The summed E-state index contributed by atoms with van der Waals surface area (Å²) in [6.07, 6.45) is 1.92. The van der Waals surface area contributed by atoms with Gasteiger partial charge in [-0.25, -0.2) is 14.6 Å². The molecule has 6 rings (SSSR count). The lowest BCUT2D eigenvalue weighted by Crippen LogP contribution is -2.47. The Bertz CT molecular complexity index is 1880. The Morgan fingerprint density at radius 2 is 1.59 bits per heavy atom. The molecule has 10 heteroatoms. The van der Waals surface area contributed by atoms with Crippen molar-refractivity contribution in [1.82, 2.24) is 15.6 Å². The van der Waals surface area contributed by atoms with Crippen LogP contribution in [0.4, 0.5) is 4.79 Å². The minimum atomic E-state index is -0.816. The van der Waals surface area contributed by atoms with Crippen molar-refractivity contribution in [2.45, 2.75) is 55.6 Å². The fraction of sp³-hybridized carbons (Fsp3) is 0.244. The molecule has 4 atom stereocenters. The fourth-order valence-electron chi connectivity index (χ4n) is 5.94. The van der Waals surface area contributed by atoms with Gasteiger partial charge < -0.3 is 30.0 Å². The van der Waals surface area contributed by atoms with Crippen LogP contribution in [0.15, 0.2) is 133 Å². The first kappa shape index (κ1) is 35.8.